The van der Waals surface area contributed by atoms with E-state index in [9.17, 15) is 15.2 Å². The van der Waals surface area contributed by atoms with E-state index in [1.165, 1.54) is 6.07 Å². The highest BCUT2D eigenvalue weighted by molar-refractivity contribution is 5.58. The van der Waals surface area contributed by atoms with Crippen molar-refractivity contribution >= 4 is 11.4 Å². The zero-order chi connectivity index (χ0) is 15.2. The molecular weight excluding hydrogens is 272 g/mol. The molecule has 1 N–H and O–H groups in total. The zero-order valence-corrected chi connectivity index (χ0v) is 12.3. The maximum atomic E-state index is 11.1. The fourth-order valence-corrected chi connectivity index (χ4v) is 2.80. The van der Waals surface area contributed by atoms with Crippen LogP contribution in [0.5, 0.6) is 5.75 Å². The molecule has 0 aliphatic carbocycles. The van der Waals surface area contributed by atoms with Crippen molar-refractivity contribution in [2.45, 2.75) is 38.6 Å². The van der Waals surface area contributed by atoms with E-state index in [1.54, 1.807) is 6.07 Å². The number of hydrogen-bond donors (Lipinski definition) is 1. The highest BCUT2D eigenvalue weighted by Crippen LogP contribution is 2.31. The number of hydrogen-bond acceptors (Lipinski definition) is 5. The summed E-state index contributed by atoms with van der Waals surface area (Å²) >= 11 is 0. The van der Waals surface area contributed by atoms with Gasteiger partial charge in [-0.05, 0) is 19.8 Å². The van der Waals surface area contributed by atoms with Gasteiger partial charge in [0.2, 0.25) is 0 Å². The lowest BCUT2D eigenvalue weighted by Gasteiger charge is -2.31. The van der Waals surface area contributed by atoms with Gasteiger partial charge in [-0.1, -0.05) is 12.8 Å². The van der Waals surface area contributed by atoms with E-state index in [-0.39, 0.29) is 18.3 Å². The normalized spacial score (nSPS) is 19.1. The summed E-state index contributed by atoms with van der Waals surface area (Å²) in [5.41, 5.74) is 0.783. The number of aliphatic hydroxyl groups is 1. The van der Waals surface area contributed by atoms with Gasteiger partial charge < -0.3 is 14.7 Å². The summed E-state index contributed by atoms with van der Waals surface area (Å²) in [7, 11) is 0. The van der Waals surface area contributed by atoms with Crippen molar-refractivity contribution in [3.63, 3.8) is 0 Å². The lowest BCUT2D eigenvalue weighted by atomic mass is 10.1. The second-order valence-electron chi connectivity index (χ2n) is 5.25. The van der Waals surface area contributed by atoms with Crippen LogP contribution in [0.2, 0.25) is 0 Å². The van der Waals surface area contributed by atoms with Gasteiger partial charge in [-0.25, -0.2) is 0 Å². The first kappa shape index (κ1) is 15.6. The van der Waals surface area contributed by atoms with Crippen molar-refractivity contribution in [3.05, 3.63) is 28.3 Å². The molecule has 116 valence electrons. The quantitative estimate of drug-likeness (QED) is 0.667. The molecule has 0 radical (unpaired) electrons. The first-order valence-corrected chi connectivity index (χ1v) is 7.45. The van der Waals surface area contributed by atoms with Crippen molar-refractivity contribution in [3.8, 4) is 5.75 Å². The maximum Gasteiger partial charge on any atom is 0.275 e. The highest BCUT2D eigenvalue weighted by atomic mass is 16.6. The Morgan fingerprint density at radius 1 is 1.38 bits per heavy atom. The van der Waals surface area contributed by atoms with Crippen molar-refractivity contribution in [2.75, 3.05) is 24.7 Å². The molecule has 0 spiro atoms. The molecule has 1 aromatic rings. The van der Waals surface area contributed by atoms with E-state index in [0.717, 1.165) is 37.9 Å². The predicted molar refractivity (Wildman–Crippen MR) is 81.0 cm³/mol. The van der Waals surface area contributed by atoms with Crippen LogP contribution in [0.4, 0.5) is 11.4 Å². The highest BCUT2D eigenvalue weighted by Gasteiger charge is 2.23. The molecule has 1 atom stereocenters. The number of nitro groups is 1. The molecular formula is C15H22N2O4. The minimum Gasteiger partial charge on any atom is -0.494 e. The number of rotatable bonds is 5. The lowest BCUT2D eigenvalue weighted by molar-refractivity contribution is -0.384. The smallest absolute Gasteiger partial charge is 0.275 e. The van der Waals surface area contributed by atoms with Crippen LogP contribution in [0.15, 0.2) is 18.2 Å². The van der Waals surface area contributed by atoms with Crippen molar-refractivity contribution in [2.24, 2.45) is 0 Å². The number of ether oxygens (including phenoxy) is 1. The average molecular weight is 294 g/mol. The van der Waals surface area contributed by atoms with Gasteiger partial charge in [0.05, 0.1) is 30.2 Å². The van der Waals surface area contributed by atoms with Crippen molar-refractivity contribution < 1.29 is 14.8 Å². The molecule has 1 saturated heterocycles. The van der Waals surface area contributed by atoms with E-state index in [2.05, 4.69) is 4.90 Å². The minimum absolute atomic E-state index is 0.0176. The molecule has 21 heavy (non-hydrogen) atoms. The number of nitrogens with zero attached hydrogens (tertiary/aromatic N) is 2. The Kier molecular flexibility index (Phi) is 5.38. The van der Waals surface area contributed by atoms with Crippen LogP contribution in [0.1, 0.15) is 32.6 Å². The SMILES string of the molecule is CCOc1cc(N2CCCCCC2CO)cc([N+](=O)[O-])c1. The second kappa shape index (κ2) is 7.26. The molecule has 0 bridgehead atoms. The third kappa shape index (κ3) is 3.85. The molecule has 1 aliphatic heterocycles. The Bertz CT molecular complexity index is 493. The summed E-state index contributed by atoms with van der Waals surface area (Å²) < 4.78 is 5.43. The van der Waals surface area contributed by atoms with Crippen LogP contribution in [-0.4, -0.2) is 35.8 Å². The molecule has 1 aromatic carbocycles. The van der Waals surface area contributed by atoms with Gasteiger partial charge in [0, 0.05) is 24.4 Å². The van der Waals surface area contributed by atoms with Crippen LogP contribution in [0.25, 0.3) is 0 Å². The van der Waals surface area contributed by atoms with Gasteiger partial charge in [-0.3, -0.25) is 10.1 Å². The number of anilines is 1. The molecule has 6 nitrogen and oxygen atoms in total. The molecule has 6 heteroatoms. The summed E-state index contributed by atoms with van der Waals surface area (Å²) in [6.45, 7) is 3.18. The van der Waals surface area contributed by atoms with E-state index in [1.807, 2.05) is 13.0 Å². The lowest BCUT2D eigenvalue weighted by Crippen LogP contribution is -2.37. The third-order valence-corrected chi connectivity index (χ3v) is 3.82. The Hall–Kier alpha value is -1.82. The Morgan fingerprint density at radius 2 is 2.19 bits per heavy atom. The molecule has 0 aromatic heterocycles. The molecule has 1 aliphatic rings. The summed E-state index contributed by atoms with van der Waals surface area (Å²) in [6.07, 6.45) is 4.14. The Morgan fingerprint density at radius 3 is 2.86 bits per heavy atom. The van der Waals surface area contributed by atoms with Crippen LogP contribution in [0, 0.1) is 10.1 Å². The Balaban J connectivity index is 2.37. The van der Waals surface area contributed by atoms with Gasteiger partial charge in [0.1, 0.15) is 5.75 Å². The largest absolute Gasteiger partial charge is 0.494 e. The standard InChI is InChI=1S/C15H22N2O4/c1-2-21-15-9-13(8-14(10-15)17(19)20)16-7-5-3-4-6-12(16)11-18/h8-10,12,18H,2-7,11H2,1H3. The third-order valence-electron chi connectivity index (χ3n) is 3.82. The average Bonchev–Trinajstić information content (AvgIpc) is 2.72. The van der Waals surface area contributed by atoms with Gasteiger partial charge in [0.15, 0.2) is 0 Å². The van der Waals surface area contributed by atoms with Gasteiger partial charge in [-0.2, -0.15) is 0 Å². The van der Waals surface area contributed by atoms with Crippen LogP contribution in [-0.2, 0) is 0 Å². The number of non-ortho nitro benzene ring substituents is 1. The van der Waals surface area contributed by atoms with Crippen LogP contribution < -0.4 is 9.64 Å². The van der Waals surface area contributed by atoms with E-state index in [4.69, 9.17) is 4.74 Å². The maximum absolute atomic E-state index is 11.1. The molecule has 0 amide bonds. The number of benzene rings is 1. The molecule has 0 saturated carbocycles. The summed E-state index contributed by atoms with van der Waals surface area (Å²) in [5.74, 6) is 0.502. The van der Waals surface area contributed by atoms with E-state index in [0.29, 0.717) is 12.4 Å². The fraction of sp³-hybridized carbons (Fsp3) is 0.600. The zero-order valence-electron chi connectivity index (χ0n) is 12.3. The van der Waals surface area contributed by atoms with E-state index >= 15 is 0 Å². The minimum atomic E-state index is -0.405. The Labute approximate surface area is 124 Å². The molecule has 1 fully saturated rings. The van der Waals surface area contributed by atoms with Crippen LogP contribution >= 0.6 is 0 Å². The summed E-state index contributed by atoms with van der Waals surface area (Å²) in [5, 5.41) is 20.7. The number of nitro benzene ring substituents is 1. The monoisotopic (exact) mass is 294 g/mol. The summed E-state index contributed by atoms with van der Waals surface area (Å²) in [6, 6.07) is 4.85. The topological polar surface area (TPSA) is 75.8 Å². The van der Waals surface area contributed by atoms with Gasteiger partial charge >= 0.3 is 0 Å². The van der Waals surface area contributed by atoms with Crippen molar-refractivity contribution in [1.29, 1.82) is 0 Å². The summed E-state index contributed by atoms with van der Waals surface area (Å²) in [4.78, 5) is 12.8. The molecule has 2 rings (SSSR count). The van der Waals surface area contributed by atoms with Crippen LogP contribution in [0.3, 0.4) is 0 Å². The fourth-order valence-electron chi connectivity index (χ4n) is 2.80. The predicted octanol–water partition coefficient (Wildman–Crippen LogP) is 2.73. The van der Waals surface area contributed by atoms with E-state index < -0.39 is 4.92 Å². The van der Waals surface area contributed by atoms with Gasteiger partial charge in [0.25, 0.3) is 5.69 Å². The van der Waals surface area contributed by atoms with Gasteiger partial charge in [-0.15, -0.1) is 0 Å². The first-order chi connectivity index (χ1) is 10.2. The molecule has 1 heterocycles. The second-order valence-corrected chi connectivity index (χ2v) is 5.25. The van der Waals surface area contributed by atoms with Crippen molar-refractivity contribution in [1.82, 2.24) is 0 Å². The first-order valence-electron chi connectivity index (χ1n) is 7.45. The molecule has 1 unspecified atom stereocenters. The number of aliphatic hydroxyl groups excluding tert-OH is 1.